The van der Waals surface area contributed by atoms with Crippen LogP contribution in [0.2, 0.25) is 0 Å². The Morgan fingerprint density at radius 2 is 2.47 bits per heavy atom. The fourth-order valence-electron chi connectivity index (χ4n) is 0.712. The van der Waals surface area contributed by atoms with Gasteiger partial charge in [-0.2, -0.15) is 0 Å². The SMILES string of the molecule is C[C@H](OCC(=O)Nc1nccs1)C(=O)O. The molecule has 0 bridgehead atoms. The van der Waals surface area contributed by atoms with Gasteiger partial charge >= 0.3 is 5.97 Å². The zero-order valence-electron chi connectivity index (χ0n) is 7.97. The molecular weight excluding hydrogens is 220 g/mol. The molecule has 6 nitrogen and oxygen atoms in total. The number of thiazole rings is 1. The second-order valence-corrected chi connectivity index (χ2v) is 3.57. The van der Waals surface area contributed by atoms with E-state index in [4.69, 9.17) is 9.84 Å². The largest absolute Gasteiger partial charge is 0.479 e. The lowest BCUT2D eigenvalue weighted by Gasteiger charge is -2.07. The topological polar surface area (TPSA) is 88.5 Å². The normalized spacial score (nSPS) is 12.1. The van der Waals surface area contributed by atoms with Crippen LogP contribution in [0.5, 0.6) is 0 Å². The Labute approximate surface area is 89.9 Å². The van der Waals surface area contributed by atoms with Gasteiger partial charge in [0.2, 0.25) is 0 Å². The molecular formula is C8H10N2O4S. The van der Waals surface area contributed by atoms with Crippen molar-refractivity contribution in [1.82, 2.24) is 4.98 Å². The Hall–Kier alpha value is -1.47. The molecule has 0 radical (unpaired) electrons. The molecule has 0 aromatic carbocycles. The average Bonchev–Trinajstić information content (AvgIpc) is 2.66. The number of amides is 1. The molecule has 0 unspecified atom stereocenters. The van der Waals surface area contributed by atoms with Gasteiger partial charge in [-0.15, -0.1) is 11.3 Å². The lowest BCUT2D eigenvalue weighted by atomic mass is 10.4. The minimum absolute atomic E-state index is 0.299. The van der Waals surface area contributed by atoms with Gasteiger partial charge in [-0.3, -0.25) is 10.1 Å². The highest BCUT2D eigenvalue weighted by Gasteiger charge is 2.13. The molecule has 82 valence electrons. The molecule has 15 heavy (non-hydrogen) atoms. The van der Waals surface area contributed by atoms with Crippen LogP contribution in [0.3, 0.4) is 0 Å². The maximum atomic E-state index is 11.2. The zero-order chi connectivity index (χ0) is 11.3. The van der Waals surface area contributed by atoms with Gasteiger partial charge in [0.1, 0.15) is 6.61 Å². The summed E-state index contributed by atoms with van der Waals surface area (Å²) in [5, 5.41) is 13.1. The molecule has 1 rings (SSSR count). The number of carboxylic acid groups (broad SMARTS) is 1. The molecule has 1 aromatic heterocycles. The smallest absolute Gasteiger partial charge is 0.332 e. The van der Waals surface area contributed by atoms with Crippen molar-refractivity contribution in [1.29, 1.82) is 0 Å². The highest BCUT2D eigenvalue weighted by Crippen LogP contribution is 2.09. The Morgan fingerprint density at radius 3 is 3.00 bits per heavy atom. The van der Waals surface area contributed by atoms with Crippen molar-refractivity contribution in [3.63, 3.8) is 0 Å². The number of carboxylic acids is 1. The van der Waals surface area contributed by atoms with Crippen LogP contribution in [0.15, 0.2) is 11.6 Å². The molecule has 0 fully saturated rings. The van der Waals surface area contributed by atoms with Gasteiger partial charge in [0.05, 0.1) is 0 Å². The second-order valence-electron chi connectivity index (χ2n) is 2.68. The Kier molecular flexibility index (Phi) is 4.19. The van der Waals surface area contributed by atoms with Crippen molar-refractivity contribution in [2.45, 2.75) is 13.0 Å². The van der Waals surface area contributed by atoms with E-state index < -0.39 is 18.0 Å². The number of carbonyl (C=O) groups excluding carboxylic acids is 1. The number of hydrogen-bond acceptors (Lipinski definition) is 5. The summed E-state index contributed by atoms with van der Waals surface area (Å²) in [6.45, 7) is 1.06. The van der Waals surface area contributed by atoms with Crippen molar-refractivity contribution in [3.05, 3.63) is 11.6 Å². The fraction of sp³-hybridized carbons (Fsp3) is 0.375. The maximum absolute atomic E-state index is 11.2. The van der Waals surface area contributed by atoms with Gasteiger partial charge in [0.25, 0.3) is 5.91 Å². The monoisotopic (exact) mass is 230 g/mol. The van der Waals surface area contributed by atoms with Crippen molar-refractivity contribution in [3.8, 4) is 0 Å². The molecule has 2 N–H and O–H groups in total. The molecule has 1 atom stereocenters. The Balaban J connectivity index is 2.28. The predicted octanol–water partition coefficient (Wildman–Crippen LogP) is 0.571. The van der Waals surface area contributed by atoms with Gasteiger partial charge in [-0.25, -0.2) is 9.78 Å². The number of nitrogens with zero attached hydrogens (tertiary/aromatic N) is 1. The van der Waals surface area contributed by atoms with Crippen LogP contribution in [0.25, 0.3) is 0 Å². The first kappa shape index (κ1) is 11.6. The van der Waals surface area contributed by atoms with Crippen molar-refractivity contribution < 1.29 is 19.4 Å². The number of aromatic nitrogens is 1. The number of nitrogens with one attached hydrogen (secondary N) is 1. The third-order valence-corrected chi connectivity index (χ3v) is 2.18. The number of hydrogen-bond donors (Lipinski definition) is 2. The molecule has 1 aromatic rings. The maximum Gasteiger partial charge on any atom is 0.332 e. The van der Waals surface area contributed by atoms with Crippen LogP contribution in [0, 0.1) is 0 Å². The fourth-order valence-corrected chi connectivity index (χ4v) is 1.26. The minimum atomic E-state index is -1.10. The number of aliphatic carboxylic acids is 1. The summed E-state index contributed by atoms with van der Waals surface area (Å²) in [6.07, 6.45) is 0.563. The number of rotatable bonds is 5. The average molecular weight is 230 g/mol. The van der Waals surface area contributed by atoms with Crippen molar-refractivity contribution in [2.75, 3.05) is 11.9 Å². The van der Waals surface area contributed by atoms with E-state index in [2.05, 4.69) is 10.3 Å². The van der Waals surface area contributed by atoms with Gasteiger partial charge in [-0.05, 0) is 6.92 Å². The summed E-state index contributed by atoms with van der Waals surface area (Å²) in [6, 6.07) is 0. The van der Waals surface area contributed by atoms with Crippen LogP contribution in [0.1, 0.15) is 6.92 Å². The molecule has 7 heteroatoms. The lowest BCUT2D eigenvalue weighted by Crippen LogP contribution is -2.26. The third kappa shape index (κ3) is 4.05. The van der Waals surface area contributed by atoms with E-state index in [1.807, 2.05) is 0 Å². The van der Waals surface area contributed by atoms with Crippen LogP contribution in [-0.2, 0) is 14.3 Å². The number of carbonyl (C=O) groups is 2. The van der Waals surface area contributed by atoms with Gasteiger partial charge in [0, 0.05) is 11.6 Å². The van der Waals surface area contributed by atoms with Crippen LogP contribution >= 0.6 is 11.3 Å². The first-order valence-electron chi connectivity index (χ1n) is 4.13. The zero-order valence-corrected chi connectivity index (χ0v) is 8.78. The predicted molar refractivity (Wildman–Crippen MR) is 53.8 cm³/mol. The van der Waals surface area contributed by atoms with Gasteiger partial charge in [-0.1, -0.05) is 0 Å². The van der Waals surface area contributed by atoms with Crippen LogP contribution in [-0.4, -0.2) is 34.7 Å². The van der Waals surface area contributed by atoms with E-state index in [0.717, 1.165) is 0 Å². The molecule has 1 amide bonds. The number of ether oxygens (including phenoxy) is 1. The summed E-state index contributed by atoms with van der Waals surface area (Å²) < 4.78 is 4.78. The quantitative estimate of drug-likeness (QED) is 0.772. The van der Waals surface area contributed by atoms with E-state index in [9.17, 15) is 9.59 Å². The summed E-state index contributed by atoms with van der Waals surface area (Å²) in [5.74, 6) is -1.52. The van der Waals surface area contributed by atoms with Crippen molar-refractivity contribution >= 4 is 28.3 Å². The Morgan fingerprint density at radius 1 is 1.73 bits per heavy atom. The summed E-state index contributed by atoms with van der Waals surface area (Å²) in [4.78, 5) is 25.4. The molecule has 0 aliphatic heterocycles. The van der Waals surface area contributed by atoms with E-state index >= 15 is 0 Å². The lowest BCUT2D eigenvalue weighted by molar-refractivity contribution is -0.150. The minimum Gasteiger partial charge on any atom is -0.479 e. The Bertz CT molecular complexity index is 338. The summed E-state index contributed by atoms with van der Waals surface area (Å²) in [5.41, 5.74) is 0. The molecule has 0 saturated heterocycles. The number of anilines is 1. The second kappa shape index (κ2) is 5.42. The van der Waals surface area contributed by atoms with Crippen LogP contribution in [0.4, 0.5) is 5.13 Å². The van der Waals surface area contributed by atoms with E-state index in [1.165, 1.54) is 18.3 Å². The van der Waals surface area contributed by atoms with E-state index in [0.29, 0.717) is 5.13 Å². The summed E-state index contributed by atoms with van der Waals surface area (Å²) >= 11 is 1.28. The molecule has 1 heterocycles. The van der Waals surface area contributed by atoms with Gasteiger partial charge < -0.3 is 9.84 Å². The molecule has 0 spiro atoms. The third-order valence-electron chi connectivity index (χ3n) is 1.49. The molecule has 0 aliphatic carbocycles. The first-order chi connectivity index (χ1) is 7.09. The molecule has 0 saturated carbocycles. The highest BCUT2D eigenvalue weighted by atomic mass is 32.1. The van der Waals surface area contributed by atoms with E-state index in [-0.39, 0.29) is 6.61 Å². The van der Waals surface area contributed by atoms with Crippen molar-refractivity contribution in [2.24, 2.45) is 0 Å². The van der Waals surface area contributed by atoms with E-state index in [1.54, 1.807) is 11.6 Å². The standard InChI is InChI=1S/C8H10N2O4S/c1-5(7(12)13)14-4-6(11)10-8-9-2-3-15-8/h2-3,5H,4H2,1H3,(H,12,13)(H,9,10,11)/t5-/m0/s1. The highest BCUT2D eigenvalue weighted by molar-refractivity contribution is 7.13. The first-order valence-corrected chi connectivity index (χ1v) is 5.01. The molecule has 0 aliphatic rings. The van der Waals surface area contributed by atoms with Crippen LogP contribution < -0.4 is 5.32 Å². The van der Waals surface area contributed by atoms with Gasteiger partial charge in [0.15, 0.2) is 11.2 Å². The summed E-state index contributed by atoms with van der Waals surface area (Å²) in [7, 11) is 0.